The average Bonchev–Trinajstić information content (AvgIpc) is 3.59. The highest BCUT2D eigenvalue weighted by Gasteiger charge is 2.26. The Kier molecular flexibility index (Phi) is 5.80. The number of hydrogen-bond donors (Lipinski definition) is 1. The number of nitrogens with one attached hydrogen (secondary N) is 1. The zero-order valence-electron chi connectivity index (χ0n) is 16.9. The Hall–Kier alpha value is -2.87. The molecule has 0 bridgehead atoms. The molecule has 1 aliphatic heterocycles. The lowest BCUT2D eigenvalue weighted by atomic mass is 10.2. The molecule has 1 aromatic heterocycles. The molecule has 8 heteroatoms. The minimum atomic E-state index is -0.0534. The molecule has 1 N–H and O–H groups in total. The number of amides is 1. The smallest absolute Gasteiger partial charge is 0.238 e. The van der Waals surface area contributed by atoms with Gasteiger partial charge in [0.2, 0.25) is 5.91 Å². The van der Waals surface area contributed by atoms with Gasteiger partial charge in [-0.25, -0.2) is 0 Å². The van der Waals surface area contributed by atoms with E-state index < -0.39 is 0 Å². The summed E-state index contributed by atoms with van der Waals surface area (Å²) in [7, 11) is 3.17. The lowest BCUT2D eigenvalue weighted by Gasteiger charge is -2.34. The molecule has 1 amide bonds. The van der Waals surface area contributed by atoms with Gasteiger partial charge in [0, 0.05) is 56.0 Å². The lowest BCUT2D eigenvalue weighted by molar-refractivity contribution is -0.117. The van der Waals surface area contributed by atoms with E-state index in [1.807, 2.05) is 0 Å². The molecule has 2 aliphatic rings. The molecule has 4 rings (SSSR count). The summed E-state index contributed by atoms with van der Waals surface area (Å²) in [5, 5.41) is 11.7. The van der Waals surface area contributed by atoms with Crippen molar-refractivity contribution in [3.05, 3.63) is 36.0 Å². The lowest BCUT2D eigenvalue weighted by Crippen LogP contribution is -2.49. The van der Waals surface area contributed by atoms with E-state index in [1.165, 1.54) is 12.8 Å². The highest BCUT2D eigenvalue weighted by molar-refractivity contribution is 5.92. The number of ether oxygens (including phenoxy) is 2. The van der Waals surface area contributed by atoms with Crippen LogP contribution in [-0.2, 0) is 4.79 Å². The van der Waals surface area contributed by atoms with Crippen molar-refractivity contribution in [2.45, 2.75) is 18.8 Å². The van der Waals surface area contributed by atoms with Crippen LogP contribution in [0.2, 0.25) is 0 Å². The van der Waals surface area contributed by atoms with E-state index in [0.717, 1.165) is 37.7 Å². The van der Waals surface area contributed by atoms with Gasteiger partial charge in [0.15, 0.2) is 5.82 Å². The third kappa shape index (κ3) is 4.95. The van der Waals surface area contributed by atoms with Gasteiger partial charge in [-0.1, -0.05) is 0 Å². The van der Waals surface area contributed by atoms with Gasteiger partial charge < -0.3 is 19.7 Å². The Morgan fingerprint density at radius 3 is 2.28 bits per heavy atom. The van der Waals surface area contributed by atoms with Crippen molar-refractivity contribution in [2.24, 2.45) is 0 Å². The number of aromatic nitrogens is 2. The van der Waals surface area contributed by atoms with E-state index in [1.54, 1.807) is 32.4 Å². The van der Waals surface area contributed by atoms with E-state index in [0.29, 0.717) is 29.6 Å². The van der Waals surface area contributed by atoms with Gasteiger partial charge in [-0.2, -0.15) is 5.10 Å². The van der Waals surface area contributed by atoms with Crippen molar-refractivity contribution in [2.75, 3.05) is 57.2 Å². The zero-order chi connectivity index (χ0) is 20.2. The van der Waals surface area contributed by atoms with Crippen LogP contribution in [0.15, 0.2) is 30.3 Å². The normalized spacial score (nSPS) is 17.1. The van der Waals surface area contributed by atoms with Gasteiger partial charge in [-0.3, -0.25) is 9.69 Å². The molecule has 0 spiro atoms. The second-order valence-electron chi connectivity index (χ2n) is 7.50. The molecule has 2 aromatic rings. The van der Waals surface area contributed by atoms with Gasteiger partial charge in [0.25, 0.3) is 0 Å². The molecule has 1 saturated heterocycles. The molecular weight excluding hydrogens is 370 g/mol. The Labute approximate surface area is 170 Å². The van der Waals surface area contributed by atoms with Gasteiger partial charge in [0.1, 0.15) is 11.5 Å². The number of methoxy groups -OCH3 is 2. The molecule has 2 heterocycles. The first-order valence-corrected chi connectivity index (χ1v) is 9.98. The molecule has 2 fully saturated rings. The highest BCUT2D eigenvalue weighted by Crippen LogP contribution is 2.38. The second-order valence-corrected chi connectivity index (χ2v) is 7.50. The van der Waals surface area contributed by atoms with Crippen LogP contribution in [0.4, 0.5) is 11.5 Å². The van der Waals surface area contributed by atoms with Crippen molar-refractivity contribution in [3.63, 3.8) is 0 Å². The molecule has 0 radical (unpaired) electrons. The van der Waals surface area contributed by atoms with Crippen LogP contribution in [0.5, 0.6) is 11.5 Å². The van der Waals surface area contributed by atoms with Gasteiger partial charge in [0.05, 0.1) is 26.5 Å². The van der Waals surface area contributed by atoms with Crippen molar-refractivity contribution in [1.29, 1.82) is 0 Å². The fraction of sp³-hybridized carbons (Fsp3) is 0.476. The molecule has 1 aromatic carbocycles. The van der Waals surface area contributed by atoms with Crippen LogP contribution in [0.1, 0.15) is 24.5 Å². The Balaban J connectivity index is 1.27. The molecule has 1 saturated carbocycles. The summed E-state index contributed by atoms with van der Waals surface area (Å²) in [6, 6.07) is 9.50. The van der Waals surface area contributed by atoms with Crippen molar-refractivity contribution in [1.82, 2.24) is 15.1 Å². The summed E-state index contributed by atoms with van der Waals surface area (Å²) < 4.78 is 10.5. The number of anilines is 2. The van der Waals surface area contributed by atoms with Crippen molar-refractivity contribution >= 4 is 17.4 Å². The average molecular weight is 397 g/mol. The molecule has 154 valence electrons. The summed E-state index contributed by atoms with van der Waals surface area (Å²) in [6.45, 7) is 3.62. The topological polar surface area (TPSA) is 79.8 Å². The highest BCUT2D eigenvalue weighted by atomic mass is 16.5. The monoisotopic (exact) mass is 397 g/mol. The Bertz CT molecular complexity index is 824. The van der Waals surface area contributed by atoms with E-state index >= 15 is 0 Å². The van der Waals surface area contributed by atoms with Crippen LogP contribution in [0, 0.1) is 0 Å². The molecule has 0 atom stereocenters. The third-order valence-electron chi connectivity index (χ3n) is 5.37. The number of piperazine rings is 1. The standard InChI is InChI=1S/C21H27N5O3/c1-28-17-11-16(12-18(13-17)29-2)22-21(27)14-25-7-9-26(10-8-25)20-6-5-19(23-24-20)15-3-4-15/h5-6,11-13,15H,3-4,7-10,14H2,1-2H3,(H,22,27). The summed E-state index contributed by atoms with van der Waals surface area (Å²) >= 11 is 0. The van der Waals surface area contributed by atoms with E-state index in [4.69, 9.17) is 9.47 Å². The van der Waals surface area contributed by atoms with Crippen LogP contribution < -0.4 is 19.7 Å². The first-order chi connectivity index (χ1) is 14.1. The van der Waals surface area contributed by atoms with Crippen LogP contribution in [-0.4, -0.2) is 67.9 Å². The maximum absolute atomic E-state index is 12.5. The SMILES string of the molecule is COc1cc(NC(=O)CN2CCN(c3ccc(C4CC4)nn3)CC2)cc(OC)c1. The minimum absolute atomic E-state index is 0.0534. The number of benzene rings is 1. The first-order valence-electron chi connectivity index (χ1n) is 9.98. The number of hydrogen-bond acceptors (Lipinski definition) is 7. The zero-order valence-corrected chi connectivity index (χ0v) is 16.9. The van der Waals surface area contributed by atoms with Crippen molar-refractivity contribution < 1.29 is 14.3 Å². The molecule has 8 nitrogen and oxygen atoms in total. The van der Waals surface area contributed by atoms with Crippen LogP contribution >= 0.6 is 0 Å². The fourth-order valence-electron chi connectivity index (χ4n) is 3.52. The molecular formula is C21H27N5O3. The summed E-state index contributed by atoms with van der Waals surface area (Å²) in [5.41, 5.74) is 1.77. The maximum atomic E-state index is 12.5. The first kappa shape index (κ1) is 19.4. The second kappa shape index (κ2) is 8.65. The van der Waals surface area contributed by atoms with Crippen LogP contribution in [0.3, 0.4) is 0 Å². The predicted molar refractivity (Wildman–Crippen MR) is 111 cm³/mol. The molecule has 29 heavy (non-hydrogen) atoms. The van der Waals surface area contributed by atoms with Crippen LogP contribution in [0.25, 0.3) is 0 Å². The van der Waals surface area contributed by atoms with Crippen molar-refractivity contribution in [3.8, 4) is 11.5 Å². The number of carbonyl (C=O) groups excluding carboxylic acids is 1. The summed E-state index contributed by atoms with van der Waals surface area (Å²) in [6.07, 6.45) is 2.47. The quantitative estimate of drug-likeness (QED) is 0.767. The largest absolute Gasteiger partial charge is 0.497 e. The third-order valence-corrected chi connectivity index (χ3v) is 5.37. The maximum Gasteiger partial charge on any atom is 0.238 e. The fourth-order valence-corrected chi connectivity index (χ4v) is 3.52. The summed E-state index contributed by atoms with van der Waals surface area (Å²) in [4.78, 5) is 16.8. The molecule has 1 aliphatic carbocycles. The predicted octanol–water partition coefficient (Wildman–Crippen LogP) is 2.13. The van der Waals surface area contributed by atoms with Gasteiger partial charge in [-0.15, -0.1) is 5.10 Å². The van der Waals surface area contributed by atoms with E-state index in [9.17, 15) is 4.79 Å². The van der Waals surface area contributed by atoms with Gasteiger partial charge in [-0.05, 0) is 25.0 Å². The Morgan fingerprint density at radius 2 is 1.72 bits per heavy atom. The number of carbonyl (C=O) groups is 1. The number of nitrogens with zero attached hydrogens (tertiary/aromatic N) is 4. The minimum Gasteiger partial charge on any atom is -0.497 e. The molecule has 0 unspecified atom stereocenters. The number of rotatable bonds is 7. The van der Waals surface area contributed by atoms with E-state index in [-0.39, 0.29) is 5.91 Å². The Morgan fingerprint density at radius 1 is 1.03 bits per heavy atom. The van der Waals surface area contributed by atoms with E-state index in [2.05, 4.69) is 37.4 Å². The van der Waals surface area contributed by atoms with Gasteiger partial charge >= 0.3 is 0 Å². The summed E-state index contributed by atoms with van der Waals surface area (Å²) in [5.74, 6) is 2.77.